The first kappa shape index (κ1) is 16.8. The molecule has 3 heterocycles. The number of pyridine rings is 2. The molecule has 0 saturated carbocycles. The molecule has 0 saturated heterocycles. The molecule has 0 atom stereocenters. The first-order chi connectivity index (χ1) is 12.2. The van der Waals surface area contributed by atoms with Gasteiger partial charge in [-0.05, 0) is 25.1 Å². The molecular weight excluding hydrogens is 340 g/mol. The van der Waals surface area contributed by atoms with Gasteiger partial charge in [0, 0.05) is 25.2 Å². The monoisotopic (exact) mass is 356 g/mol. The SMILES string of the molecule is Cc1nnc(CCNC(=O)Nc2ccc(Oc3cccnc3)nc2)s1. The number of rotatable bonds is 6. The number of ether oxygens (including phenoxy) is 1. The van der Waals surface area contributed by atoms with Gasteiger partial charge in [-0.3, -0.25) is 4.98 Å². The van der Waals surface area contributed by atoms with Crippen molar-refractivity contribution in [3.63, 3.8) is 0 Å². The van der Waals surface area contributed by atoms with E-state index >= 15 is 0 Å². The summed E-state index contributed by atoms with van der Waals surface area (Å²) in [6.45, 7) is 2.38. The van der Waals surface area contributed by atoms with E-state index < -0.39 is 0 Å². The maximum Gasteiger partial charge on any atom is 0.319 e. The normalized spacial score (nSPS) is 10.3. The molecule has 0 aliphatic carbocycles. The Morgan fingerprint density at radius 1 is 1.24 bits per heavy atom. The van der Waals surface area contributed by atoms with Crippen molar-refractivity contribution >= 4 is 23.1 Å². The molecule has 3 aromatic rings. The Hall–Kier alpha value is -3.07. The Morgan fingerprint density at radius 3 is 2.84 bits per heavy atom. The van der Waals surface area contributed by atoms with Crippen LogP contribution in [-0.4, -0.2) is 32.7 Å². The first-order valence-electron chi connectivity index (χ1n) is 7.57. The molecular formula is C16H16N6O2S. The number of nitrogens with one attached hydrogen (secondary N) is 2. The number of nitrogens with zero attached hydrogens (tertiary/aromatic N) is 4. The van der Waals surface area contributed by atoms with E-state index in [1.165, 1.54) is 17.5 Å². The van der Waals surface area contributed by atoms with Gasteiger partial charge in [0.15, 0.2) is 0 Å². The lowest BCUT2D eigenvalue weighted by Gasteiger charge is -2.08. The van der Waals surface area contributed by atoms with Crippen LogP contribution in [0.1, 0.15) is 10.0 Å². The van der Waals surface area contributed by atoms with E-state index in [0.29, 0.717) is 30.3 Å². The number of carbonyl (C=O) groups excluding carboxylic acids is 1. The highest BCUT2D eigenvalue weighted by atomic mass is 32.1. The quantitative estimate of drug-likeness (QED) is 0.704. The average molecular weight is 356 g/mol. The van der Waals surface area contributed by atoms with Crippen LogP contribution in [0.5, 0.6) is 11.6 Å². The smallest absolute Gasteiger partial charge is 0.319 e. The Morgan fingerprint density at radius 2 is 2.16 bits per heavy atom. The summed E-state index contributed by atoms with van der Waals surface area (Å²) in [6, 6.07) is 6.65. The van der Waals surface area contributed by atoms with E-state index in [1.807, 2.05) is 6.92 Å². The minimum Gasteiger partial charge on any atom is -0.437 e. The Kier molecular flexibility index (Phi) is 5.47. The van der Waals surface area contributed by atoms with Gasteiger partial charge in [0.05, 0.1) is 18.1 Å². The summed E-state index contributed by atoms with van der Waals surface area (Å²) in [7, 11) is 0. The molecule has 2 amide bonds. The van der Waals surface area contributed by atoms with E-state index in [9.17, 15) is 4.79 Å². The first-order valence-corrected chi connectivity index (χ1v) is 8.38. The summed E-state index contributed by atoms with van der Waals surface area (Å²) in [5.41, 5.74) is 0.572. The number of aryl methyl sites for hydroxylation is 1. The number of amides is 2. The van der Waals surface area contributed by atoms with Crippen LogP contribution in [0.3, 0.4) is 0 Å². The number of aromatic nitrogens is 4. The lowest BCUT2D eigenvalue weighted by molar-refractivity contribution is 0.252. The Labute approximate surface area is 148 Å². The predicted octanol–water partition coefficient (Wildman–Crippen LogP) is 2.79. The minimum absolute atomic E-state index is 0.302. The van der Waals surface area contributed by atoms with Crippen molar-refractivity contribution in [2.45, 2.75) is 13.3 Å². The van der Waals surface area contributed by atoms with Crippen LogP contribution in [-0.2, 0) is 6.42 Å². The van der Waals surface area contributed by atoms with Crippen molar-refractivity contribution in [3.8, 4) is 11.6 Å². The third-order valence-corrected chi connectivity index (χ3v) is 3.94. The zero-order valence-corrected chi connectivity index (χ0v) is 14.3. The number of urea groups is 1. The zero-order valence-electron chi connectivity index (χ0n) is 13.5. The summed E-state index contributed by atoms with van der Waals surface area (Å²) in [4.78, 5) is 20.0. The molecule has 2 N–H and O–H groups in total. The maximum atomic E-state index is 11.9. The molecule has 0 fully saturated rings. The van der Waals surface area contributed by atoms with Crippen LogP contribution in [0.25, 0.3) is 0 Å². The summed E-state index contributed by atoms with van der Waals surface area (Å²) in [5.74, 6) is 1.02. The Balaban J connectivity index is 1.45. The van der Waals surface area contributed by atoms with Gasteiger partial charge in [-0.2, -0.15) is 0 Å². The molecule has 0 aliphatic heterocycles. The topological polar surface area (TPSA) is 102 Å². The molecule has 3 aromatic heterocycles. The van der Waals surface area contributed by atoms with Crippen LogP contribution in [0, 0.1) is 6.92 Å². The second-order valence-electron chi connectivity index (χ2n) is 5.02. The number of anilines is 1. The Bertz CT molecular complexity index is 822. The standard InChI is InChI=1S/C16H16N6O2S/c1-11-21-22-15(25-11)6-8-18-16(23)20-12-4-5-14(19-9-12)24-13-3-2-7-17-10-13/h2-5,7,9-10H,6,8H2,1H3,(H2,18,20,23). The molecule has 0 radical (unpaired) electrons. The summed E-state index contributed by atoms with van der Waals surface area (Å²) < 4.78 is 5.54. The van der Waals surface area contributed by atoms with E-state index in [0.717, 1.165) is 10.0 Å². The van der Waals surface area contributed by atoms with Gasteiger partial charge in [-0.1, -0.05) is 0 Å². The highest BCUT2D eigenvalue weighted by Gasteiger charge is 2.05. The molecule has 0 aliphatic rings. The van der Waals surface area contributed by atoms with Gasteiger partial charge < -0.3 is 15.4 Å². The van der Waals surface area contributed by atoms with Crippen molar-refractivity contribution < 1.29 is 9.53 Å². The second kappa shape index (κ2) is 8.15. The fraction of sp³-hybridized carbons (Fsp3) is 0.188. The van der Waals surface area contributed by atoms with E-state index in [2.05, 4.69) is 30.8 Å². The third kappa shape index (κ3) is 5.21. The summed E-state index contributed by atoms with van der Waals surface area (Å²) in [5, 5.41) is 15.2. The van der Waals surface area contributed by atoms with Crippen molar-refractivity contribution in [2.24, 2.45) is 0 Å². The maximum absolute atomic E-state index is 11.9. The van der Waals surface area contributed by atoms with E-state index in [4.69, 9.17) is 4.74 Å². The van der Waals surface area contributed by atoms with Gasteiger partial charge in [0.2, 0.25) is 5.88 Å². The van der Waals surface area contributed by atoms with Gasteiger partial charge in [-0.25, -0.2) is 9.78 Å². The van der Waals surface area contributed by atoms with Gasteiger partial charge in [-0.15, -0.1) is 21.5 Å². The predicted molar refractivity (Wildman–Crippen MR) is 93.9 cm³/mol. The second-order valence-corrected chi connectivity index (χ2v) is 6.29. The lowest BCUT2D eigenvalue weighted by Crippen LogP contribution is -2.30. The number of hydrogen-bond donors (Lipinski definition) is 2. The van der Waals surface area contributed by atoms with Crippen molar-refractivity contribution in [2.75, 3.05) is 11.9 Å². The minimum atomic E-state index is -0.302. The highest BCUT2D eigenvalue weighted by Crippen LogP contribution is 2.19. The van der Waals surface area contributed by atoms with E-state index in [-0.39, 0.29) is 6.03 Å². The number of carbonyl (C=O) groups is 1. The van der Waals surface area contributed by atoms with Crippen LogP contribution in [0.2, 0.25) is 0 Å². The van der Waals surface area contributed by atoms with Gasteiger partial charge >= 0.3 is 6.03 Å². The number of hydrogen-bond acceptors (Lipinski definition) is 7. The van der Waals surface area contributed by atoms with Crippen molar-refractivity contribution in [1.29, 1.82) is 0 Å². The van der Waals surface area contributed by atoms with Crippen LogP contribution in [0.4, 0.5) is 10.5 Å². The van der Waals surface area contributed by atoms with Gasteiger partial charge in [0.1, 0.15) is 15.8 Å². The molecule has 0 spiro atoms. The lowest BCUT2D eigenvalue weighted by atomic mass is 10.4. The summed E-state index contributed by atoms with van der Waals surface area (Å²) in [6.07, 6.45) is 5.44. The fourth-order valence-electron chi connectivity index (χ4n) is 1.94. The van der Waals surface area contributed by atoms with Crippen molar-refractivity contribution in [3.05, 3.63) is 52.9 Å². The molecule has 0 aromatic carbocycles. The van der Waals surface area contributed by atoms with Crippen LogP contribution >= 0.6 is 11.3 Å². The molecule has 3 rings (SSSR count). The van der Waals surface area contributed by atoms with Crippen LogP contribution < -0.4 is 15.4 Å². The largest absolute Gasteiger partial charge is 0.437 e. The summed E-state index contributed by atoms with van der Waals surface area (Å²) >= 11 is 1.52. The van der Waals surface area contributed by atoms with Crippen molar-refractivity contribution in [1.82, 2.24) is 25.5 Å². The molecule has 0 unspecified atom stereocenters. The zero-order chi connectivity index (χ0) is 17.5. The molecule has 25 heavy (non-hydrogen) atoms. The van der Waals surface area contributed by atoms with E-state index in [1.54, 1.807) is 36.7 Å². The molecule has 128 valence electrons. The fourth-order valence-corrected chi connectivity index (χ4v) is 2.65. The van der Waals surface area contributed by atoms with Gasteiger partial charge in [0.25, 0.3) is 0 Å². The molecule has 8 nitrogen and oxygen atoms in total. The molecule has 9 heteroatoms. The average Bonchev–Trinajstić information content (AvgIpc) is 3.03. The van der Waals surface area contributed by atoms with Crippen LogP contribution in [0.15, 0.2) is 42.9 Å². The molecule has 0 bridgehead atoms. The highest BCUT2D eigenvalue weighted by molar-refractivity contribution is 7.11. The third-order valence-electron chi connectivity index (χ3n) is 3.04.